The van der Waals surface area contributed by atoms with E-state index in [0.29, 0.717) is 0 Å². The molecule has 0 aliphatic heterocycles. The summed E-state index contributed by atoms with van der Waals surface area (Å²) >= 11 is 7.62. The molecule has 0 saturated carbocycles. The number of benzene rings is 1. The van der Waals surface area contributed by atoms with Gasteiger partial charge in [0.2, 0.25) is 0 Å². The van der Waals surface area contributed by atoms with Crippen LogP contribution in [0.5, 0.6) is 0 Å². The molecule has 0 aliphatic rings. The van der Waals surface area contributed by atoms with Gasteiger partial charge in [0.1, 0.15) is 6.04 Å². The third-order valence-electron chi connectivity index (χ3n) is 2.60. The number of hydrogen-bond acceptors (Lipinski definition) is 4. The third kappa shape index (κ3) is 6.32. The Morgan fingerprint density at radius 2 is 2.32 bits per heavy atom. The fraction of sp³-hybridized carbons (Fsp3) is 0.500. The molecule has 0 aromatic heterocycles. The second kappa shape index (κ2) is 9.23. The lowest BCUT2D eigenvalue weighted by molar-refractivity contribution is -0.143. The van der Waals surface area contributed by atoms with Crippen molar-refractivity contribution < 1.29 is 9.53 Å². The van der Waals surface area contributed by atoms with E-state index in [4.69, 9.17) is 16.3 Å². The number of carbonyl (C=O) groups excluding carboxylic acids is 1. The van der Waals surface area contributed by atoms with Crippen LogP contribution in [0.1, 0.15) is 19.8 Å². The summed E-state index contributed by atoms with van der Waals surface area (Å²) in [7, 11) is 1.42. The van der Waals surface area contributed by atoms with Crippen LogP contribution in [0, 0.1) is 0 Å². The summed E-state index contributed by atoms with van der Waals surface area (Å²) in [6, 6.07) is 7.50. The Morgan fingerprint density at radius 1 is 1.53 bits per heavy atom. The number of methoxy groups -OCH3 is 1. The number of nitrogens with one attached hydrogen (secondary N) is 1. The van der Waals surface area contributed by atoms with Gasteiger partial charge in [0.25, 0.3) is 0 Å². The van der Waals surface area contributed by atoms with Crippen LogP contribution < -0.4 is 5.32 Å². The number of halogens is 1. The summed E-state index contributed by atoms with van der Waals surface area (Å²) in [5.74, 6) is 0.650. The number of ether oxygens (including phenoxy) is 1. The van der Waals surface area contributed by atoms with Gasteiger partial charge in [-0.05, 0) is 37.6 Å². The van der Waals surface area contributed by atoms with Gasteiger partial charge in [0, 0.05) is 15.7 Å². The van der Waals surface area contributed by atoms with Crippen molar-refractivity contribution in [2.24, 2.45) is 0 Å². The average Bonchev–Trinajstić information content (AvgIpc) is 2.42. The van der Waals surface area contributed by atoms with E-state index < -0.39 is 0 Å². The summed E-state index contributed by atoms with van der Waals surface area (Å²) in [5, 5.41) is 3.94. The first-order chi connectivity index (χ1) is 9.17. The molecule has 0 bridgehead atoms. The Bertz CT molecular complexity index is 401. The van der Waals surface area contributed by atoms with Crippen LogP contribution in [0.3, 0.4) is 0 Å². The highest BCUT2D eigenvalue weighted by Gasteiger charge is 2.17. The topological polar surface area (TPSA) is 38.3 Å². The van der Waals surface area contributed by atoms with Crippen LogP contribution in [0.2, 0.25) is 5.02 Å². The smallest absolute Gasteiger partial charge is 0.322 e. The molecule has 0 amide bonds. The van der Waals surface area contributed by atoms with Gasteiger partial charge < -0.3 is 10.1 Å². The molecule has 1 aromatic carbocycles. The van der Waals surface area contributed by atoms with Crippen molar-refractivity contribution in [3.8, 4) is 0 Å². The van der Waals surface area contributed by atoms with E-state index in [9.17, 15) is 4.79 Å². The molecule has 0 saturated heterocycles. The van der Waals surface area contributed by atoms with Crippen LogP contribution in [-0.2, 0) is 9.53 Å². The molecule has 0 spiro atoms. The zero-order chi connectivity index (χ0) is 14.1. The Balaban J connectivity index is 2.41. The zero-order valence-corrected chi connectivity index (χ0v) is 12.9. The van der Waals surface area contributed by atoms with Gasteiger partial charge >= 0.3 is 5.97 Å². The predicted molar refractivity (Wildman–Crippen MR) is 80.9 cm³/mol. The molecule has 1 aromatic rings. The lowest BCUT2D eigenvalue weighted by atomic mass is 10.2. The lowest BCUT2D eigenvalue weighted by Crippen LogP contribution is -2.38. The number of esters is 1. The molecule has 1 rings (SSSR count). The molecule has 5 heteroatoms. The molecule has 0 fully saturated rings. The summed E-state index contributed by atoms with van der Waals surface area (Å²) < 4.78 is 4.80. The molecular formula is C14H20ClNO2S. The molecule has 3 nitrogen and oxygen atoms in total. The highest BCUT2D eigenvalue weighted by molar-refractivity contribution is 7.99. The highest BCUT2D eigenvalue weighted by Crippen LogP contribution is 2.22. The minimum Gasteiger partial charge on any atom is -0.468 e. The van der Waals surface area contributed by atoms with Crippen molar-refractivity contribution in [1.82, 2.24) is 5.32 Å². The molecule has 1 atom stereocenters. The highest BCUT2D eigenvalue weighted by atomic mass is 35.5. The quantitative estimate of drug-likeness (QED) is 0.590. The monoisotopic (exact) mass is 301 g/mol. The third-order valence-corrected chi connectivity index (χ3v) is 3.86. The van der Waals surface area contributed by atoms with Gasteiger partial charge in [-0.25, -0.2) is 0 Å². The van der Waals surface area contributed by atoms with Crippen molar-refractivity contribution in [3.63, 3.8) is 0 Å². The normalized spacial score (nSPS) is 12.2. The molecule has 0 heterocycles. The minimum absolute atomic E-state index is 0.194. The van der Waals surface area contributed by atoms with Crippen LogP contribution in [0.4, 0.5) is 0 Å². The summed E-state index contributed by atoms with van der Waals surface area (Å²) in [5.41, 5.74) is 0. The van der Waals surface area contributed by atoms with Crippen molar-refractivity contribution in [1.29, 1.82) is 0 Å². The molecule has 1 unspecified atom stereocenters. The Hall–Kier alpha value is -0.710. The molecule has 1 N–H and O–H groups in total. The van der Waals surface area contributed by atoms with E-state index >= 15 is 0 Å². The van der Waals surface area contributed by atoms with Gasteiger partial charge in [0.05, 0.1) is 7.11 Å². The van der Waals surface area contributed by atoms with E-state index in [0.717, 1.165) is 35.1 Å². The Kier molecular flexibility index (Phi) is 7.94. The first-order valence-corrected chi connectivity index (χ1v) is 7.73. The molecule has 106 valence electrons. The lowest BCUT2D eigenvalue weighted by Gasteiger charge is -2.15. The van der Waals surface area contributed by atoms with Crippen LogP contribution in [0.15, 0.2) is 29.2 Å². The molecule has 19 heavy (non-hydrogen) atoms. The van der Waals surface area contributed by atoms with E-state index in [2.05, 4.69) is 12.2 Å². The van der Waals surface area contributed by atoms with Gasteiger partial charge in [-0.1, -0.05) is 24.6 Å². The van der Waals surface area contributed by atoms with Gasteiger partial charge in [-0.15, -0.1) is 11.8 Å². The maximum atomic E-state index is 11.6. The van der Waals surface area contributed by atoms with Gasteiger partial charge in [-0.2, -0.15) is 0 Å². The number of thioether (sulfide) groups is 1. The van der Waals surface area contributed by atoms with E-state index in [1.807, 2.05) is 24.3 Å². The molecular weight excluding hydrogens is 282 g/mol. The molecule has 0 radical (unpaired) electrons. The summed E-state index contributed by atoms with van der Waals surface area (Å²) in [6.45, 7) is 2.89. The second-order valence-electron chi connectivity index (χ2n) is 4.12. The number of carbonyl (C=O) groups is 1. The maximum absolute atomic E-state index is 11.6. The summed E-state index contributed by atoms with van der Waals surface area (Å²) in [4.78, 5) is 12.7. The second-order valence-corrected chi connectivity index (χ2v) is 5.73. The van der Waals surface area contributed by atoms with Gasteiger partial charge in [-0.3, -0.25) is 4.79 Å². The fourth-order valence-corrected chi connectivity index (χ4v) is 2.84. The number of hydrogen-bond donors (Lipinski definition) is 1. The van der Waals surface area contributed by atoms with E-state index in [1.165, 1.54) is 7.11 Å². The standard InChI is InChI=1S/C14H20ClNO2S/c1-3-8-16-13(14(17)18-2)7-9-19-12-6-4-5-11(15)10-12/h4-6,10,13,16H,3,7-9H2,1-2H3. The van der Waals surface area contributed by atoms with Crippen molar-refractivity contribution in [2.75, 3.05) is 19.4 Å². The predicted octanol–water partition coefficient (Wildman–Crippen LogP) is 3.36. The first kappa shape index (κ1) is 16.3. The first-order valence-electron chi connectivity index (χ1n) is 6.37. The molecule has 0 aliphatic carbocycles. The van der Waals surface area contributed by atoms with E-state index in [-0.39, 0.29) is 12.0 Å². The fourth-order valence-electron chi connectivity index (χ4n) is 1.62. The Labute approximate surface area is 124 Å². The van der Waals surface area contributed by atoms with Crippen LogP contribution >= 0.6 is 23.4 Å². The maximum Gasteiger partial charge on any atom is 0.322 e. The van der Waals surface area contributed by atoms with Crippen molar-refractivity contribution >= 4 is 29.3 Å². The van der Waals surface area contributed by atoms with Gasteiger partial charge in [0.15, 0.2) is 0 Å². The van der Waals surface area contributed by atoms with Crippen molar-refractivity contribution in [2.45, 2.75) is 30.7 Å². The minimum atomic E-state index is -0.225. The zero-order valence-electron chi connectivity index (χ0n) is 11.3. The Morgan fingerprint density at radius 3 is 2.95 bits per heavy atom. The SMILES string of the molecule is CCCNC(CCSc1cccc(Cl)c1)C(=O)OC. The van der Waals surface area contributed by atoms with E-state index in [1.54, 1.807) is 11.8 Å². The average molecular weight is 302 g/mol. The summed E-state index contributed by atoms with van der Waals surface area (Å²) in [6.07, 6.45) is 1.73. The number of rotatable bonds is 8. The van der Waals surface area contributed by atoms with Crippen molar-refractivity contribution in [3.05, 3.63) is 29.3 Å². The van der Waals surface area contributed by atoms with Crippen LogP contribution in [0.25, 0.3) is 0 Å². The largest absolute Gasteiger partial charge is 0.468 e. The van der Waals surface area contributed by atoms with Crippen LogP contribution in [-0.4, -0.2) is 31.4 Å².